The zero-order valence-corrected chi connectivity index (χ0v) is 23.4. The standard InChI is InChI=1S/C27H49N3O2S2/c1-3-5-6-7-10-13-16-19-24(4-2)33-22-18-15-12-9-8-11-14-17-20-28-25(31)26(32)30-27-29-21-23-34-27/h21,23-24H,3-20,22H2,1-2H3,(H,28,31)(H,29,30,32). The Bertz CT molecular complexity index is 611. The van der Waals surface area contributed by atoms with Gasteiger partial charge in [-0.05, 0) is 31.4 Å². The Morgan fingerprint density at radius 1 is 0.853 bits per heavy atom. The van der Waals surface area contributed by atoms with Crippen LogP contribution in [0.15, 0.2) is 11.6 Å². The summed E-state index contributed by atoms with van der Waals surface area (Å²) in [4.78, 5) is 27.4. The van der Waals surface area contributed by atoms with Crippen molar-refractivity contribution in [3.8, 4) is 0 Å². The maximum atomic E-state index is 11.8. The van der Waals surface area contributed by atoms with Gasteiger partial charge in [0.1, 0.15) is 0 Å². The fourth-order valence-electron chi connectivity index (χ4n) is 3.99. The molecule has 2 amide bonds. The van der Waals surface area contributed by atoms with Crippen molar-refractivity contribution in [2.75, 3.05) is 17.6 Å². The van der Waals surface area contributed by atoms with E-state index in [4.69, 9.17) is 0 Å². The lowest BCUT2D eigenvalue weighted by Gasteiger charge is -2.14. The first-order chi connectivity index (χ1) is 16.7. The molecule has 0 bridgehead atoms. The average molecular weight is 512 g/mol. The van der Waals surface area contributed by atoms with Gasteiger partial charge >= 0.3 is 11.8 Å². The summed E-state index contributed by atoms with van der Waals surface area (Å²) in [7, 11) is 0. The fourth-order valence-corrected chi connectivity index (χ4v) is 5.79. The van der Waals surface area contributed by atoms with Gasteiger partial charge in [-0.25, -0.2) is 4.98 Å². The van der Waals surface area contributed by atoms with Crippen LogP contribution in [0.1, 0.15) is 123 Å². The van der Waals surface area contributed by atoms with Gasteiger partial charge in [-0.15, -0.1) is 11.3 Å². The van der Waals surface area contributed by atoms with E-state index in [0.29, 0.717) is 11.7 Å². The van der Waals surface area contributed by atoms with E-state index in [0.717, 1.165) is 18.1 Å². The second-order valence-electron chi connectivity index (χ2n) is 9.19. The highest BCUT2D eigenvalue weighted by Gasteiger charge is 2.13. The molecule has 0 aliphatic heterocycles. The molecule has 0 aliphatic carbocycles. The SMILES string of the molecule is CCCCCCCCCC(CC)SCCCCCCCCCCNC(=O)C(=O)Nc1nccs1. The summed E-state index contributed by atoms with van der Waals surface area (Å²) in [5.41, 5.74) is 0. The number of anilines is 1. The quantitative estimate of drug-likeness (QED) is 0.122. The minimum atomic E-state index is -0.642. The molecule has 0 aromatic carbocycles. The molecule has 1 heterocycles. The van der Waals surface area contributed by atoms with Crippen LogP contribution in [0.5, 0.6) is 0 Å². The normalized spacial score (nSPS) is 11.9. The first kappa shape index (κ1) is 31.0. The second-order valence-corrected chi connectivity index (χ2v) is 11.5. The first-order valence-corrected chi connectivity index (χ1v) is 15.7. The summed E-state index contributed by atoms with van der Waals surface area (Å²) in [6, 6.07) is 0. The van der Waals surface area contributed by atoms with Crippen molar-refractivity contribution in [1.29, 1.82) is 0 Å². The van der Waals surface area contributed by atoms with Crippen molar-refractivity contribution in [3.05, 3.63) is 11.6 Å². The van der Waals surface area contributed by atoms with Gasteiger partial charge in [-0.3, -0.25) is 14.9 Å². The van der Waals surface area contributed by atoms with Crippen molar-refractivity contribution in [3.63, 3.8) is 0 Å². The van der Waals surface area contributed by atoms with Gasteiger partial charge < -0.3 is 5.32 Å². The molecule has 2 N–H and O–H groups in total. The Hall–Kier alpha value is -1.08. The molecule has 1 unspecified atom stereocenters. The van der Waals surface area contributed by atoms with Crippen LogP contribution in [-0.2, 0) is 9.59 Å². The summed E-state index contributed by atoms with van der Waals surface area (Å²) in [5.74, 6) is 0.0992. The largest absolute Gasteiger partial charge is 0.348 e. The lowest BCUT2D eigenvalue weighted by molar-refractivity contribution is -0.136. The number of nitrogens with one attached hydrogen (secondary N) is 2. The van der Waals surface area contributed by atoms with Crippen LogP contribution in [0.3, 0.4) is 0 Å². The van der Waals surface area contributed by atoms with Crippen molar-refractivity contribution in [2.45, 2.75) is 128 Å². The van der Waals surface area contributed by atoms with Crippen LogP contribution in [-0.4, -0.2) is 34.3 Å². The molecule has 1 rings (SSSR count). The van der Waals surface area contributed by atoms with E-state index in [1.54, 1.807) is 11.6 Å². The Labute approximate surface area is 217 Å². The maximum Gasteiger partial charge on any atom is 0.315 e. The molecule has 1 aromatic heterocycles. The fraction of sp³-hybridized carbons (Fsp3) is 0.815. The Kier molecular flexibility index (Phi) is 20.4. The number of hydrogen-bond acceptors (Lipinski definition) is 5. The summed E-state index contributed by atoms with van der Waals surface area (Å²) in [5, 5.41) is 8.26. The summed E-state index contributed by atoms with van der Waals surface area (Å²) >= 11 is 3.51. The van der Waals surface area contributed by atoms with Crippen molar-refractivity contribution in [1.82, 2.24) is 10.3 Å². The van der Waals surface area contributed by atoms with E-state index in [2.05, 4.69) is 41.2 Å². The predicted molar refractivity (Wildman–Crippen MR) is 150 cm³/mol. The third-order valence-corrected chi connectivity index (χ3v) is 8.41. The molecule has 0 radical (unpaired) electrons. The number of thioether (sulfide) groups is 1. The highest BCUT2D eigenvalue weighted by Crippen LogP contribution is 2.23. The molecular formula is C27H49N3O2S2. The first-order valence-electron chi connectivity index (χ1n) is 13.8. The number of amides is 2. The second kappa shape index (κ2) is 22.4. The van der Waals surface area contributed by atoms with Crippen LogP contribution in [0.25, 0.3) is 0 Å². The molecule has 0 saturated heterocycles. The molecule has 0 spiro atoms. The molecule has 0 aliphatic rings. The van der Waals surface area contributed by atoms with E-state index < -0.39 is 11.8 Å². The number of unbranched alkanes of at least 4 members (excludes halogenated alkanes) is 13. The van der Waals surface area contributed by atoms with Crippen LogP contribution in [0.2, 0.25) is 0 Å². The zero-order chi connectivity index (χ0) is 24.7. The number of aromatic nitrogens is 1. The van der Waals surface area contributed by atoms with Crippen LogP contribution in [0, 0.1) is 0 Å². The number of carbonyl (C=O) groups is 2. The van der Waals surface area contributed by atoms with Gasteiger partial charge in [-0.2, -0.15) is 11.8 Å². The van der Waals surface area contributed by atoms with Gasteiger partial charge in [0.05, 0.1) is 0 Å². The number of hydrogen-bond donors (Lipinski definition) is 2. The molecule has 7 heteroatoms. The topological polar surface area (TPSA) is 71.1 Å². The van der Waals surface area contributed by atoms with Crippen LogP contribution >= 0.6 is 23.1 Å². The third-order valence-electron chi connectivity index (χ3n) is 6.15. The zero-order valence-electron chi connectivity index (χ0n) is 21.7. The minimum absolute atomic E-state index is 0.451. The van der Waals surface area contributed by atoms with Crippen molar-refractivity contribution >= 4 is 40.0 Å². The van der Waals surface area contributed by atoms with Crippen LogP contribution in [0.4, 0.5) is 5.13 Å². The van der Waals surface area contributed by atoms with Gasteiger partial charge in [0.25, 0.3) is 0 Å². The molecule has 34 heavy (non-hydrogen) atoms. The van der Waals surface area contributed by atoms with E-state index in [1.165, 1.54) is 113 Å². The highest BCUT2D eigenvalue weighted by atomic mass is 32.2. The van der Waals surface area contributed by atoms with Gasteiger partial charge in [0, 0.05) is 23.4 Å². The minimum Gasteiger partial charge on any atom is -0.348 e. The smallest absolute Gasteiger partial charge is 0.315 e. The predicted octanol–water partition coefficient (Wildman–Crippen LogP) is 7.97. The molecule has 0 saturated carbocycles. The maximum absolute atomic E-state index is 11.8. The van der Waals surface area contributed by atoms with Gasteiger partial charge in [0.2, 0.25) is 0 Å². The Balaban J connectivity index is 1.84. The molecular weight excluding hydrogens is 462 g/mol. The van der Waals surface area contributed by atoms with E-state index in [1.807, 2.05) is 0 Å². The lowest BCUT2D eigenvalue weighted by atomic mass is 10.1. The molecule has 5 nitrogen and oxygen atoms in total. The summed E-state index contributed by atoms with van der Waals surface area (Å²) < 4.78 is 0. The number of rotatable bonds is 22. The number of thiazole rings is 1. The average Bonchev–Trinajstić information content (AvgIpc) is 3.35. The lowest BCUT2D eigenvalue weighted by Crippen LogP contribution is -2.35. The summed E-state index contributed by atoms with van der Waals surface area (Å²) in [6.07, 6.45) is 24.0. The molecule has 196 valence electrons. The van der Waals surface area contributed by atoms with E-state index in [-0.39, 0.29) is 0 Å². The highest BCUT2D eigenvalue weighted by molar-refractivity contribution is 7.99. The Morgan fingerprint density at radius 3 is 2.09 bits per heavy atom. The Morgan fingerprint density at radius 2 is 1.47 bits per heavy atom. The van der Waals surface area contributed by atoms with Gasteiger partial charge in [-0.1, -0.05) is 97.3 Å². The number of carbonyl (C=O) groups excluding carboxylic acids is 2. The molecule has 1 atom stereocenters. The third kappa shape index (κ3) is 17.4. The van der Waals surface area contributed by atoms with Crippen molar-refractivity contribution in [2.24, 2.45) is 0 Å². The van der Waals surface area contributed by atoms with Crippen LogP contribution < -0.4 is 10.6 Å². The van der Waals surface area contributed by atoms with E-state index >= 15 is 0 Å². The molecule has 1 aromatic rings. The van der Waals surface area contributed by atoms with E-state index in [9.17, 15) is 9.59 Å². The van der Waals surface area contributed by atoms with Gasteiger partial charge in [0.15, 0.2) is 5.13 Å². The monoisotopic (exact) mass is 511 g/mol. The number of nitrogens with zero attached hydrogens (tertiary/aromatic N) is 1. The van der Waals surface area contributed by atoms with Crippen molar-refractivity contribution < 1.29 is 9.59 Å². The summed E-state index contributed by atoms with van der Waals surface area (Å²) in [6.45, 7) is 5.19. The molecule has 0 fully saturated rings.